The van der Waals surface area contributed by atoms with Gasteiger partial charge in [-0.1, -0.05) is 0 Å². The number of hydrogen-bond acceptors (Lipinski definition) is 5. The summed E-state index contributed by atoms with van der Waals surface area (Å²) >= 11 is 0. The molecule has 1 aromatic carbocycles. The molecular weight excluding hydrogens is 393 g/mol. The largest absolute Gasteiger partial charge is 0.351 e. The molecule has 1 atom stereocenters. The molecule has 1 aliphatic heterocycles. The van der Waals surface area contributed by atoms with Crippen molar-refractivity contribution in [2.24, 2.45) is 0 Å². The molecule has 0 saturated heterocycles. The third-order valence-corrected chi connectivity index (χ3v) is 5.96. The molecule has 6 rings (SSSR count). The van der Waals surface area contributed by atoms with Crippen molar-refractivity contribution >= 4 is 5.95 Å². The van der Waals surface area contributed by atoms with E-state index in [-0.39, 0.29) is 11.9 Å². The van der Waals surface area contributed by atoms with Gasteiger partial charge in [0.1, 0.15) is 11.6 Å². The highest BCUT2D eigenvalue weighted by Gasteiger charge is 2.31. The molecule has 1 unspecified atom stereocenters. The summed E-state index contributed by atoms with van der Waals surface area (Å²) in [5, 5.41) is 3.39. The second-order valence-corrected chi connectivity index (χ2v) is 8.24. The van der Waals surface area contributed by atoms with Crippen LogP contribution in [0.15, 0.2) is 55.2 Å². The molecule has 0 spiro atoms. The summed E-state index contributed by atoms with van der Waals surface area (Å²) in [7, 11) is 0. The predicted octanol–water partition coefficient (Wildman–Crippen LogP) is 4.10. The molecular formula is C23H22FN7. The summed E-state index contributed by atoms with van der Waals surface area (Å²) in [5.74, 6) is 1.42. The summed E-state index contributed by atoms with van der Waals surface area (Å²) in [6.45, 7) is 0.817. The summed E-state index contributed by atoms with van der Waals surface area (Å²) in [6.07, 6.45) is 11.6. The smallest absolute Gasteiger partial charge is 0.223 e. The van der Waals surface area contributed by atoms with E-state index in [2.05, 4.69) is 24.4 Å². The van der Waals surface area contributed by atoms with Crippen molar-refractivity contribution in [1.29, 1.82) is 0 Å². The van der Waals surface area contributed by atoms with Gasteiger partial charge in [0.2, 0.25) is 5.95 Å². The van der Waals surface area contributed by atoms with Crippen LogP contribution < -0.4 is 5.32 Å². The zero-order chi connectivity index (χ0) is 20.8. The number of rotatable bonds is 6. The molecule has 1 saturated carbocycles. The van der Waals surface area contributed by atoms with Crippen LogP contribution in [0.4, 0.5) is 10.3 Å². The molecule has 0 amide bonds. The first-order valence-corrected chi connectivity index (χ1v) is 10.7. The second kappa shape index (κ2) is 7.30. The molecule has 0 radical (unpaired) electrons. The van der Waals surface area contributed by atoms with Gasteiger partial charge in [-0.05, 0) is 49.6 Å². The number of nitrogens with one attached hydrogen (secondary N) is 1. The second-order valence-electron chi connectivity index (χ2n) is 8.24. The van der Waals surface area contributed by atoms with Crippen molar-refractivity contribution in [3.8, 4) is 22.6 Å². The maximum atomic E-state index is 13.6. The summed E-state index contributed by atoms with van der Waals surface area (Å²) < 4.78 is 18.0. The Bertz CT molecular complexity index is 1210. The molecule has 0 bridgehead atoms. The Balaban J connectivity index is 1.48. The minimum absolute atomic E-state index is 0.246. The number of fused-ring (bicyclic) bond motifs is 1. The van der Waals surface area contributed by atoms with Crippen LogP contribution in [-0.4, -0.2) is 35.1 Å². The number of aromatic nitrogens is 6. The summed E-state index contributed by atoms with van der Waals surface area (Å²) in [5.41, 5.74) is 3.51. The van der Waals surface area contributed by atoms with E-state index >= 15 is 0 Å². The van der Waals surface area contributed by atoms with Gasteiger partial charge in [-0.2, -0.15) is 0 Å². The van der Waals surface area contributed by atoms with Crippen molar-refractivity contribution in [1.82, 2.24) is 29.1 Å². The standard InChI is InChI=1S/C23H22FN7/c24-16-3-1-15(2-4-16)21-22(19-9-10-26-23(28-19)27-17-5-6-17)31-18(7-8-20(31)29-21)13-30-12-11-25-14-30/h1-4,9-12,14,17-18H,5-8,13H2,(H,26,27,28). The molecule has 7 nitrogen and oxygen atoms in total. The Kier molecular flexibility index (Phi) is 4.29. The van der Waals surface area contributed by atoms with E-state index in [1.165, 1.54) is 12.1 Å². The van der Waals surface area contributed by atoms with Gasteiger partial charge >= 0.3 is 0 Å². The first-order valence-electron chi connectivity index (χ1n) is 10.7. The monoisotopic (exact) mass is 415 g/mol. The van der Waals surface area contributed by atoms with E-state index in [4.69, 9.17) is 9.97 Å². The van der Waals surface area contributed by atoms with E-state index in [0.717, 1.165) is 60.7 Å². The molecule has 4 heterocycles. The summed E-state index contributed by atoms with van der Waals surface area (Å²) in [4.78, 5) is 18.4. The van der Waals surface area contributed by atoms with Crippen LogP contribution in [-0.2, 0) is 13.0 Å². The van der Waals surface area contributed by atoms with E-state index in [0.29, 0.717) is 12.0 Å². The fourth-order valence-electron chi connectivity index (χ4n) is 4.31. The number of benzene rings is 1. The third kappa shape index (κ3) is 3.48. The molecule has 8 heteroatoms. The van der Waals surface area contributed by atoms with Gasteiger partial charge in [-0.3, -0.25) is 0 Å². The molecule has 1 fully saturated rings. The lowest BCUT2D eigenvalue weighted by molar-refractivity contribution is 0.451. The number of anilines is 1. The zero-order valence-corrected chi connectivity index (χ0v) is 16.9. The Morgan fingerprint density at radius 3 is 2.68 bits per heavy atom. The van der Waals surface area contributed by atoms with Gasteiger partial charge < -0.3 is 14.5 Å². The molecule has 1 aliphatic carbocycles. The molecule has 1 N–H and O–H groups in total. The van der Waals surface area contributed by atoms with E-state index in [1.807, 2.05) is 18.6 Å². The van der Waals surface area contributed by atoms with Crippen molar-refractivity contribution in [3.05, 3.63) is 66.9 Å². The minimum Gasteiger partial charge on any atom is -0.351 e. The predicted molar refractivity (Wildman–Crippen MR) is 115 cm³/mol. The van der Waals surface area contributed by atoms with Crippen molar-refractivity contribution in [2.75, 3.05) is 5.32 Å². The highest BCUT2D eigenvalue weighted by molar-refractivity contribution is 5.78. The maximum absolute atomic E-state index is 13.6. The molecule has 4 aromatic rings. The molecule has 2 aliphatic rings. The van der Waals surface area contributed by atoms with Crippen molar-refractivity contribution in [3.63, 3.8) is 0 Å². The average Bonchev–Trinajstić information content (AvgIpc) is 3.15. The lowest BCUT2D eigenvalue weighted by Gasteiger charge is -2.18. The van der Waals surface area contributed by atoms with Gasteiger partial charge in [0, 0.05) is 43.2 Å². The quantitative estimate of drug-likeness (QED) is 0.513. The minimum atomic E-state index is -0.256. The number of hydrogen-bond donors (Lipinski definition) is 1. The van der Waals surface area contributed by atoms with Gasteiger partial charge in [0.15, 0.2) is 0 Å². The van der Waals surface area contributed by atoms with Gasteiger partial charge in [-0.25, -0.2) is 24.3 Å². The van der Waals surface area contributed by atoms with Crippen LogP contribution in [0, 0.1) is 5.82 Å². The highest BCUT2D eigenvalue weighted by Crippen LogP contribution is 2.40. The molecule has 31 heavy (non-hydrogen) atoms. The average molecular weight is 415 g/mol. The first kappa shape index (κ1) is 18.2. The Hall–Kier alpha value is -3.55. The van der Waals surface area contributed by atoms with Gasteiger partial charge in [0.05, 0.1) is 29.5 Å². The fourth-order valence-corrected chi connectivity index (χ4v) is 4.31. The SMILES string of the molecule is Fc1ccc(-c2nc3n(c2-c2ccnc(NC4CC4)n2)C(Cn2ccnc2)CC3)cc1. The Morgan fingerprint density at radius 1 is 1.03 bits per heavy atom. The normalized spacial score (nSPS) is 17.6. The van der Waals surface area contributed by atoms with E-state index < -0.39 is 0 Å². The topological polar surface area (TPSA) is 73.5 Å². The van der Waals surface area contributed by atoms with Crippen LogP contribution in [0.5, 0.6) is 0 Å². The number of halogens is 1. The number of imidazole rings is 2. The Labute approximate surface area is 179 Å². The van der Waals surface area contributed by atoms with Crippen LogP contribution in [0.2, 0.25) is 0 Å². The van der Waals surface area contributed by atoms with Crippen molar-refractivity contribution < 1.29 is 4.39 Å². The van der Waals surface area contributed by atoms with Gasteiger partial charge in [0.25, 0.3) is 0 Å². The fraction of sp³-hybridized carbons (Fsp3) is 0.304. The number of aryl methyl sites for hydroxylation is 1. The van der Waals surface area contributed by atoms with Crippen LogP contribution >= 0.6 is 0 Å². The molecule has 3 aromatic heterocycles. The Morgan fingerprint density at radius 2 is 1.90 bits per heavy atom. The summed E-state index contributed by atoms with van der Waals surface area (Å²) in [6, 6.07) is 9.17. The van der Waals surface area contributed by atoms with Crippen LogP contribution in [0.25, 0.3) is 22.6 Å². The lowest BCUT2D eigenvalue weighted by Crippen LogP contribution is -2.13. The third-order valence-electron chi connectivity index (χ3n) is 5.96. The van der Waals surface area contributed by atoms with E-state index in [1.54, 1.807) is 24.5 Å². The lowest BCUT2D eigenvalue weighted by atomic mass is 10.1. The number of nitrogens with zero attached hydrogens (tertiary/aromatic N) is 6. The van der Waals surface area contributed by atoms with Crippen LogP contribution in [0.3, 0.4) is 0 Å². The van der Waals surface area contributed by atoms with Crippen molar-refractivity contribution in [2.45, 2.75) is 44.3 Å². The highest BCUT2D eigenvalue weighted by atomic mass is 19.1. The zero-order valence-electron chi connectivity index (χ0n) is 16.9. The first-order chi connectivity index (χ1) is 15.2. The van der Waals surface area contributed by atoms with Gasteiger partial charge in [-0.15, -0.1) is 0 Å². The van der Waals surface area contributed by atoms with E-state index in [9.17, 15) is 4.39 Å². The maximum Gasteiger partial charge on any atom is 0.223 e. The van der Waals surface area contributed by atoms with Crippen LogP contribution in [0.1, 0.15) is 31.1 Å². The molecule has 156 valence electrons.